The summed E-state index contributed by atoms with van der Waals surface area (Å²) in [5.41, 5.74) is 2.97. The Labute approximate surface area is 200 Å². The number of nitrogens with zero attached hydrogens (tertiary/aromatic N) is 5. The number of ether oxygens (including phenoxy) is 1. The maximum absolute atomic E-state index is 13.1. The van der Waals surface area contributed by atoms with E-state index in [1.54, 1.807) is 0 Å². The van der Waals surface area contributed by atoms with Crippen LogP contribution >= 0.6 is 0 Å². The van der Waals surface area contributed by atoms with Gasteiger partial charge in [-0.3, -0.25) is 9.69 Å². The fourth-order valence-electron chi connectivity index (χ4n) is 5.69. The molecule has 1 aromatic carbocycles. The number of rotatable bonds is 9. The minimum atomic E-state index is -0.00598. The Hall–Kier alpha value is -2.58. The standard InChI is InChI=1S/C26H36N6O2/c1-3-18-11-12-23-19(14-18)15-20(26(33)27-23)16-31(21-8-5-6-9-21)24(4-2)25-28-29-30-32(25)17-22-10-7-13-34-22/h11-12,14-15,21-22,24H,3-10,13,16-17H2,1-2H3,(H,27,33)/t22-,24+/m1/s1. The van der Waals surface area contributed by atoms with Crippen LogP contribution < -0.4 is 5.56 Å². The van der Waals surface area contributed by atoms with Crippen molar-refractivity contribution in [3.05, 3.63) is 51.6 Å². The van der Waals surface area contributed by atoms with Gasteiger partial charge in [0.05, 0.1) is 18.7 Å². The van der Waals surface area contributed by atoms with Gasteiger partial charge in [-0.1, -0.05) is 32.8 Å². The van der Waals surface area contributed by atoms with Gasteiger partial charge < -0.3 is 9.72 Å². The van der Waals surface area contributed by atoms with Crippen molar-refractivity contribution in [2.24, 2.45) is 0 Å². The Morgan fingerprint density at radius 1 is 1.18 bits per heavy atom. The minimum Gasteiger partial charge on any atom is -0.376 e. The number of hydrogen-bond donors (Lipinski definition) is 1. The molecule has 0 spiro atoms. The molecule has 1 N–H and O–H groups in total. The Balaban J connectivity index is 1.48. The van der Waals surface area contributed by atoms with E-state index in [1.807, 2.05) is 10.7 Å². The highest BCUT2D eigenvalue weighted by atomic mass is 16.5. The van der Waals surface area contributed by atoms with Crippen LogP contribution in [0.1, 0.15) is 81.8 Å². The number of nitrogens with one attached hydrogen (secondary N) is 1. The first kappa shape index (κ1) is 23.2. The molecular formula is C26H36N6O2. The van der Waals surface area contributed by atoms with Crippen molar-refractivity contribution in [1.29, 1.82) is 0 Å². The highest BCUT2D eigenvalue weighted by molar-refractivity contribution is 5.79. The Kier molecular flexibility index (Phi) is 7.06. The predicted molar refractivity (Wildman–Crippen MR) is 132 cm³/mol. The first-order valence-corrected chi connectivity index (χ1v) is 12.9. The van der Waals surface area contributed by atoms with Crippen LogP contribution in [0.3, 0.4) is 0 Å². The largest absolute Gasteiger partial charge is 0.376 e. The fourth-order valence-corrected chi connectivity index (χ4v) is 5.69. The fraction of sp³-hybridized carbons (Fsp3) is 0.615. The SMILES string of the molecule is CCc1ccc2[nH]c(=O)c(CN(C3CCCC3)[C@@H](CC)c3nnnn3C[C@H]3CCCO3)cc2c1. The highest BCUT2D eigenvalue weighted by Gasteiger charge is 2.33. The molecule has 3 heterocycles. The van der Waals surface area contributed by atoms with Gasteiger partial charge in [0.15, 0.2) is 5.82 Å². The molecule has 8 heteroatoms. The zero-order chi connectivity index (χ0) is 23.5. The Bertz CT molecular complexity index is 1160. The van der Waals surface area contributed by atoms with Crippen LogP contribution in [0.2, 0.25) is 0 Å². The maximum Gasteiger partial charge on any atom is 0.252 e. The molecule has 0 bridgehead atoms. The predicted octanol–water partition coefficient (Wildman–Crippen LogP) is 4.15. The van der Waals surface area contributed by atoms with E-state index >= 15 is 0 Å². The van der Waals surface area contributed by atoms with Gasteiger partial charge >= 0.3 is 0 Å². The summed E-state index contributed by atoms with van der Waals surface area (Å²) < 4.78 is 7.79. The third-order valence-electron chi connectivity index (χ3n) is 7.59. The lowest BCUT2D eigenvalue weighted by atomic mass is 10.0. The second-order valence-electron chi connectivity index (χ2n) is 9.79. The van der Waals surface area contributed by atoms with E-state index in [1.165, 1.54) is 18.4 Å². The van der Waals surface area contributed by atoms with Gasteiger partial charge in [-0.05, 0) is 78.1 Å². The lowest BCUT2D eigenvalue weighted by molar-refractivity contribution is 0.0839. The number of benzene rings is 1. The average molecular weight is 465 g/mol. The summed E-state index contributed by atoms with van der Waals surface area (Å²) in [6.45, 7) is 6.45. The average Bonchev–Trinajstić information content (AvgIpc) is 3.63. The number of aryl methyl sites for hydroxylation is 1. The van der Waals surface area contributed by atoms with Gasteiger partial charge in [0, 0.05) is 30.3 Å². The zero-order valence-corrected chi connectivity index (χ0v) is 20.4. The van der Waals surface area contributed by atoms with Crippen LogP contribution in [0.25, 0.3) is 10.9 Å². The number of pyridine rings is 1. The molecule has 34 heavy (non-hydrogen) atoms. The van der Waals surface area contributed by atoms with Crippen molar-refractivity contribution in [3.8, 4) is 0 Å². The summed E-state index contributed by atoms with van der Waals surface area (Å²) in [7, 11) is 0. The quantitative estimate of drug-likeness (QED) is 0.512. The van der Waals surface area contributed by atoms with Crippen LogP contribution in [-0.2, 0) is 24.2 Å². The number of aromatic nitrogens is 5. The van der Waals surface area contributed by atoms with E-state index in [4.69, 9.17) is 4.74 Å². The summed E-state index contributed by atoms with van der Waals surface area (Å²) >= 11 is 0. The zero-order valence-electron chi connectivity index (χ0n) is 20.4. The summed E-state index contributed by atoms with van der Waals surface area (Å²) in [5.74, 6) is 0.885. The van der Waals surface area contributed by atoms with Crippen LogP contribution in [0.15, 0.2) is 29.1 Å². The molecule has 1 saturated heterocycles. The summed E-state index contributed by atoms with van der Waals surface area (Å²) in [4.78, 5) is 18.7. The van der Waals surface area contributed by atoms with Crippen molar-refractivity contribution < 1.29 is 4.74 Å². The highest BCUT2D eigenvalue weighted by Crippen LogP contribution is 2.34. The van der Waals surface area contributed by atoms with Crippen molar-refractivity contribution in [3.63, 3.8) is 0 Å². The summed E-state index contributed by atoms with van der Waals surface area (Å²) in [6, 6.07) is 8.85. The molecule has 2 fully saturated rings. The van der Waals surface area contributed by atoms with Gasteiger partial charge in [0.1, 0.15) is 0 Å². The minimum absolute atomic E-state index is 0.00598. The second-order valence-corrected chi connectivity index (χ2v) is 9.79. The van der Waals surface area contributed by atoms with Gasteiger partial charge in [0.2, 0.25) is 0 Å². The number of fused-ring (bicyclic) bond motifs is 1. The molecule has 1 aliphatic carbocycles. The van der Waals surface area contributed by atoms with Crippen molar-refractivity contribution >= 4 is 10.9 Å². The molecular weight excluding hydrogens is 428 g/mol. The molecule has 0 unspecified atom stereocenters. The van der Waals surface area contributed by atoms with Gasteiger partial charge in [-0.25, -0.2) is 4.68 Å². The van der Waals surface area contributed by atoms with Crippen LogP contribution in [0.4, 0.5) is 0 Å². The van der Waals surface area contributed by atoms with E-state index in [9.17, 15) is 4.79 Å². The van der Waals surface area contributed by atoms with Gasteiger partial charge in [-0.2, -0.15) is 0 Å². The van der Waals surface area contributed by atoms with Crippen LogP contribution in [0.5, 0.6) is 0 Å². The molecule has 8 nitrogen and oxygen atoms in total. The first-order valence-electron chi connectivity index (χ1n) is 12.9. The second kappa shape index (κ2) is 10.4. The number of aromatic amines is 1. The van der Waals surface area contributed by atoms with Gasteiger partial charge in [0.25, 0.3) is 5.56 Å². The third kappa shape index (κ3) is 4.79. The van der Waals surface area contributed by atoms with E-state index in [-0.39, 0.29) is 17.7 Å². The molecule has 3 aromatic rings. The maximum atomic E-state index is 13.1. The molecule has 0 amide bonds. The molecule has 2 aliphatic rings. The summed E-state index contributed by atoms with van der Waals surface area (Å²) in [6.07, 6.45) is 8.93. The van der Waals surface area contributed by atoms with Crippen LogP contribution in [-0.4, -0.2) is 48.8 Å². The Morgan fingerprint density at radius 2 is 2.03 bits per heavy atom. The topological polar surface area (TPSA) is 88.9 Å². The van der Waals surface area contributed by atoms with E-state index in [0.717, 1.165) is 67.4 Å². The van der Waals surface area contributed by atoms with Crippen LogP contribution in [0, 0.1) is 0 Å². The molecule has 1 aliphatic heterocycles. The first-order chi connectivity index (χ1) is 16.7. The molecule has 1 saturated carbocycles. The normalized spacial score (nSPS) is 20.0. The number of H-pyrrole nitrogens is 1. The van der Waals surface area contributed by atoms with Crippen molar-refractivity contribution in [2.45, 2.75) is 96.5 Å². The summed E-state index contributed by atoms with van der Waals surface area (Å²) in [5, 5.41) is 13.9. The molecule has 2 aromatic heterocycles. The number of hydrogen-bond acceptors (Lipinski definition) is 6. The molecule has 0 radical (unpaired) electrons. The lowest BCUT2D eigenvalue weighted by Crippen LogP contribution is -2.39. The lowest BCUT2D eigenvalue weighted by Gasteiger charge is -2.35. The van der Waals surface area contributed by atoms with E-state index in [2.05, 4.69) is 57.5 Å². The molecule has 2 atom stereocenters. The van der Waals surface area contributed by atoms with Crippen molar-refractivity contribution in [1.82, 2.24) is 30.1 Å². The third-order valence-corrected chi connectivity index (χ3v) is 7.59. The Morgan fingerprint density at radius 3 is 2.76 bits per heavy atom. The smallest absolute Gasteiger partial charge is 0.252 e. The van der Waals surface area contributed by atoms with E-state index < -0.39 is 0 Å². The number of tetrazole rings is 1. The molecule has 182 valence electrons. The monoisotopic (exact) mass is 464 g/mol. The van der Waals surface area contributed by atoms with Crippen molar-refractivity contribution in [2.75, 3.05) is 6.61 Å². The van der Waals surface area contributed by atoms with E-state index in [0.29, 0.717) is 19.1 Å². The molecule has 5 rings (SSSR count). The van der Waals surface area contributed by atoms with Gasteiger partial charge in [-0.15, -0.1) is 5.10 Å².